The van der Waals surface area contributed by atoms with E-state index in [2.05, 4.69) is 58.4 Å². The van der Waals surface area contributed by atoms with Gasteiger partial charge in [-0.2, -0.15) is 0 Å². The first kappa shape index (κ1) is 33.9. The highest BCUT2D eigenvalue weighted by atomic mass is 19.1. The maximum atomic E-state index is 15.4. The number of fused-ring (bicyclic) bond motifs is 7. The topological polar surface area (TPSA) is 69.2 Å². The molecule has 5 saturated carbocycles. The zero-order valence-electron chi connectivity index (χ0n) is 31.3. The first-order valence-corrected chi connectivity index (χ1v) is 20.0. The second kappa shape index (κ2) is 11.4. The Morgan fingerprint density at radius 2 is 1.65 bits per heavy atom. The molecule has 1 aromatic heterocycles. The van der Waals surface area contributed by atoms with Gasteiger partial charge in [0.25, 0.3) is 0 Å². The van der Waals surface area contributed by atoms with Crippen molar-refractivity contribution in [2.75, 3.05) is 6.54 Å². The van der Waals surface area contributed by atoms with Gasteiger partial charge in [-0.05, 0) is 164 Å². The van der Waals surface area contributed by atoms with Crippen molar-refractivity contribution in [1.29, 1.82) is 0 Å². The number of hydrogen-bond donors (Lipinski definition) is 2. The predicted molar refractivity (Wildman–Crippen MR) is 193 cm³/mol. The molecule has 1 amide bonds. The quantitative estimate of drug-likeness (QED) is 0.340. The maximum Gasteiger partial charge on any atom is 0.229 e. The van der Waals surface area contributed by atoms with E-state index < -0.39 is 0 Å². The van der Waals surface area contributed by atoms with Crippen molar-refractivity contribution in [1.82, 2.24) is 14.9 Å². The van der Waals surface area contributed by atoms with Crippen molar-refractivity contribution in [3.63, 3.8) is 0 Å². The molecule has 6 fully saturated rings. The highest BCUT2D eigenvalue weighted by molar-refractivity contribution is 5.84. The first-order chi connectivity index (χ1) is 23.2. The summed E-state index contributed by atoms with van der Waals surface area (Å²) in [6.07, 6.45) is 15.0. The molecule has 268 valence electrons. The van der Waals surface area contributed by atoms with Gasteiger partial charge in [0.05, 0.1) is 29.5 Å². The highest BCUT2D eigenvalue weighted by Crippen LogP contribution is 2.77. The zero-order valence-corrected chi connectivity index (χ0v) is 31.3. The summed E-state index contributed by atoms with van der Waals surface area (Å²) in [6.45, 7) is 18.3. The molecule has 6 heteroatoms. The van der Waals surface area contributed by atoms with Crippen LogP contribution in [0.2, 0.25) is 0 Å². The van der Waals surface area contributed by atoms with Crippen molar-refractivity contribution in [2.24, 2.45) is 62.6 Å². The number of aliphatic hydroxyl groups excluding tert-OH is 1. The zero-order chi connectivity index (χ0) is 34.7. The number of nitrogens with zero attached hydrogens (tertiary/aromatic N) is 2. The van der Waals surface area contributed by atoms with E-state index in [1.807, 2.05) is 6.20 Å². The standard InChI is InChI=1S/C43H62FN3O2/c1-26(2)29-16-21-43(38(49)47-24-8-9-32(47)37-45-25-31(46-37)27-10-12-28(44)13-11-27)23-22-41(6)30(36(29)43)14-15-34-40(5)19-18-35(48)39(3,4)33(40)17-20-42(34,41)7/h10-13,25-26,29-30,32-36,48H,8-9,14-24H2,1-7H3,(H,45,46)/t29-,30+,32?,33-,34+,35-,36+,40-,41+,42+,43-/m0/s1. The first-order valence-electron chi connectivity index (χ1n) is 20.0. The maximum absolute atomic E-state index is 15.4. The Labute approximate surface area is 294 Å². The molecule has 1 saturated heterocycles. The second-order valence-electron chi connectivity index (χ2n) is 19.5. The lowest BCUT2D eigenvalue weighted by Gasteiger charge is -2.73. The third kappa shape index (κ3) is 4.62. The number of aromatic amines is 1. The summed E-state index contributed by atoms with van der Waals surface area (Å²) in [5.74, 6) is 4.43. The van der Waals surface area contributed by atoms with Gasteiger partial charge in [0.2, 0.25) is 5.91 Å². The van der Waals surface area contributed by atoms with E-state index in [0.717, 1.165) is 68.6 Å². The fourth-order valence-corrected chi connectivity index (χ4v) is 14.6. The number of amides is 1. The van der Waals surface area contributed by atoms with Crippen LogP contribution in [0, 0.1) is 68.4 Å². The molecule has 2 aromatic rings. The van der Waals surface area contributed by atoms with Gasteiger partial charge in [0.1, 0.15) is 11.6 Å². The Kier molecular flexibility index (Phi) is 7.88. The molecule has 1 aliphatic heterocycles. The number of carbonyl (C=O) groups is 1. The summed E-state index contributed by atoms with van der Waals surface area (Å²) < 4.78 is 13.6. The number of hydrogen-bond acceptors (Lipinski definition) is 3. The average Bonchev–Trinajstić information content (AvgIpc) is 3.82. The normalized spacial score (nSPS) is 44.3. The summed E-state index contributed by atoms with van der Waals surface area (Å²) in [7, 11) is 0. The molecule has 5 nitrogen and oxygen atoms in total. The van der Waals surface area contributed by atoms with E-state index in [-0.39, 0.29) is 45.0 Å². The van der Waals surface area contributed by atoms with Crippen LogP contribution in [0.1, 0.15) is 137 Å². The molecule has 1 unspecified atom stereocenters. The number of carbonyl (C=O) groups excluding carboxylic acids is 1. The van der Waals surface area contributed by atoms with E-state index in [1.165, 1.54) is 44.2 Å². The highest BCUT2D eigenvalue weighted by Gasteiger charge is 2.72. The van der Waals surface area contributed by atoms with Gasteiger partial charge in [-0.1, -0.05) is 48.5 Å². The largest absolute Gasteiger partial charge is 0.393 e. The average molecular weight is 672 g/mol. The number of nitrogens with one attached hydrogen (secondary N) is 1. The lowest BCUT2D eigenvalue weighted by molar-refractivity contribution is -0.249. The molecule has 6 aliphatic rings. The van der Waals surface area contributed by atoms with Crippen LogP contribution in [0.25, 0.3) is 11.3 Å². The van der Waals surface area contributed by atoms with Gasteiger partial charge in [0, 0.05) is 6.54 Å². The Morgan fingerprint density at radius 3 is 2.39 bits per heavy atom. The number of aliphatic hydroxyl groups is 1. The molecule has 8 rings (SSSR count). The monoisotopic (exact) mass is 671 g/mol. The van der Waals surface area contributed by atoms with Crippen LogP contribution in [-0.4, -0.2) is 38.5 Å². The molecule has 2 heterocycles. The van der Waals surface area contributed by atoms with Crippen LogP contribution >= 0.6 is 0 Å². The summed E-state index contributed by atoms with van der Waals surface area (Å²) >= 11 is 0. The second-order valence-corrected chi connectivity index (χ2v) is 19.5. The van der Waals surface area contributed by atoms with Crippen LogP contribution in [-0.2, 0) is 4.79 Å². The van der Waals surface area contributed by atoms with Crippen LogP contribution in [0.5, 0.6) is 0 Å². The van der Waals surface area contributed by atoms with Crippen LogP contribution in [0.4, 0.5) is 4.39 Å². The van der Waals surface area contributed by atoms with E-state index in [1.54, 1.807) is 12.1 Å². The number of aromatic nitrogens is 2. The smallest absolute Gasteiger partial charge is 0.229 e. The van der Waals surface area contributed by atoms with Crippen molar-refractivity contribution in [3.8, 4) is 11.3 Å². The van der Waals surface area contributed by atoms with E-state index in [0.29, 0.717) is 41.4 Å². The number of H-pyrrole nitrogens is 1. The summed E-state index contributed by atoms with van der Waals surface area (Å²) in [5.41, 5.74) is 2.20. The summed E-state index contributed by atoms with van der Waals surface area (Å²) in [4.78, 5) is 26.0. The Bertz CT molecular complexity index is 1580. The molecule has 0 spiro atoms. The minimum atomic E-state index is -0.282. The lowest BCUT2D eigenvalue weighted by atomic mass is 9.32. The summed E-state index contributed by atoms with van der Waals surface area (Å²) in [6, 6.07) is 6.53. The van der Waals surface area contributed by atoms with Gasteiger partial charge in [-0.3, -0.25) is 4.79 Å². The fourth-order valence-electron chi connectivity index (χ4n) is 14.6. The van der Waals surface area contributed by atoms with Crippen LogP contribution < -0.4 is 0 Å². The molecule has 0 bridgehead atoms. The minimum absolute atomic E-state index is 0.0309. The van der Waals surface area contributed by atoms with Crippen LogP contribution in [0.15, 0.2) is 30.5 Å². The van der Waals surface area contributed by atoms with Gasteiger partial charge < -0.3 is 15.0 Å². The van der Waals surface area contributed by atoms with Crippen molar-refractivity contribution in [3.05, 3.63) is 42.1 Å². The van der Waals surface area contributed by atoms with E-state index in [4.69, 9.17) is 4.98 Å². The molecular formula is C43H62FN3O2. The fraction of sp³-hybridized carbons (Fsp3) is 0.767. The van der Waals surface area contributed by atoms with Crippen molar-refractivity contribution >= 4 is 5.91 Å². The number of rotatable bonds is 4. The molecule has 11 atom stereocenters. The van der Waals surface area contributed by atoms with Crippen molar-refractivity contribution < 1.29 is 14.3 Å². The molecule has 5 aliphatic carbocycles. The Hall–Kier alpha value is -2.21. The van der Waals surface area contributed by atoms with Gasteiger partial charge in [-0.15, -0.1) is 0 Å². The third-order valence-corrected chi connectivity index (χ3v) is 17.3. The van der Waals surface area contributed by atoms with Crippen LogP contribution in [0.3, 0.4) is 0 Å². The van der Waals surface area contributed by atoms with Gasteiger partial charge in [-0.25, -0.2) is 9.37 Å². The molecule has 2 N–H and O–H groups in total. The minimum Gasteiger partial charge on any atom is -0.393 e. The van der Waals surface area contributed by atoms with E-state index in [9.17, 15) is 9.50 Å². The Balaban J connectivity index is 1.11. The molecule has 0 radical (unpaired) electrons. The van der Waals surface area contributed by atoms with Crippen molar-refractivity contribution in [2.45, 2.75) is 138 Å². The molecule has 1 aromatic carbocycles. The van der Waals surface area contributed by atoms with E-state index >= 15 is 4.79 Å². The number of halogens is 1. The SMILES string of the molecule is CC(C)[C@@H]1CC[C@]2(C(=O)N3CCCC3c3ncc(-c4ccc(F)cc4)[nH]3)CC[C@]3(C)[C@H](CC[C@@H]4[C@@]5(C)CC[C@H](O)C(C)(C)[C@@H]5CC[C@]43C)[C@@H]12. The van der Waals surface area contributed by atoms with Gasteiger partial charge >= 0.3 is 0 Å². The number of benzene rings is 1. The summed E-state index contributed by atoms with van der Waals surface area (Å²) in [5, 5.41) is 11.1. The predicted octanol–water partition coefficient (Wildman–Crippen LogP) is 9.98. The number of likely N-dealkylation sites (tertiary alicyclic amines) is 1. The Morgan fingerprint density at radius 1 is 0.898 bits per heavy atom. The molecular weight excluding hydrogens is 609 g/mol. The third-order valence-electron chi connectivity index (χ3n) is 17.3. The van der Waals surface area contributed by atoms with Gasteiger partial charge in [0.15, 0.2) is 0 Å². The molecule has 49 heavy (non-hydrogen) atoms. The lowest BCUT2D eigenvalue weighted by Crippen LogP contribution is -2.67. The number of imidazole rings is 1.